The first-order valence-corrected chi connectivity index (χ1v) is 11.7. The van der Waals surface area contributed by atoms with Crippen LogP contribution >= 0.6 is 0 Å². The first-order chi connectivity index (χ1) is 14.1. The Balaban J connectivity index is 1.54. The molecule has 0 atom stereocenters. The fraction of sp³-hybridized carbons (Fsp3) is 0.435. The molecule has 0 bridgehead atoms. The Morgan fingerprint density at radius 2 is 1.67 bits per heavy atom. The summed E-state index contributed by atoms with van der Waals surface area (Å²) < 4.78 is 41.8. The van der Waals surface area contributed by atoms with Gasteiger partial charge in [-0.2, -0.15) is 0 Å². The van der Waals surface area contributed by atoms with Crippen LogP contribution in [0.1, 0.15) is 49.5 Å². The van der Waals surface area contributed by atoms with Gasteiger partial charge in [0, 0.05) is 19.6 Å². The Morgan fingerprint density at radius 3 is 2.23 bits per heavy atom. The smallest absolute Gasteiger partial charge is 0.256 e. The molecule has 1 amide bonds. The summed E-state index contributed by atoms with van der Waals surface area (Å²) >= 11 is 0. The van der Waals surface area contributed by atoms with Crippen molar-refractivity contribution < 1.29 is 17.6 Å². The standard InChI is InChI=1S/C23H29FN2O3S/c1-23(2,3)18-8-10-19(11-9-18)30(28,29)25-16-17-12-14-26(15-13-17)22(27)20-6-4-5-7-21(20)24/h4-11,17,25H,12-16H2,1-3H3. The van der Waals surface area contributed by atoms with Gasteiger partial charge < -0.3 is 4.90 Å². The molecule has 2 aromatic carbocycles. The summed E-state index contributed by atoms with van der Waals surface area (Å²) in [5, 5.41) is 0. The molecule has 0 unspecified atom stereocenters. The van der Waals surface area contributed by atoms with Gasteiger partial charge in [-0.1, -0.05) is 45.0 Å². The van der Waals surface area contributed by atoms with E-state index in [2.05, 4.69) is 25.5 Å². The van der Waals surface area contributed by atoms with Gasteiger partial charge in [0.15, 0.2) is 0 Å². The van der Waals surface area contributed by atoms with Gasteiger partial charge in [0.25, 0.3) is 5.91 Å². The normalized spacial score (nSPS) is 15.9. The predicted molar refractivity (Wildman–Crippen MR) is 115 cm³/mol. The fourth-order valence-corrected chi connectivity index (χ4v) is 4.71. The summed E-state index contributed by atoms with van der Waals surface area (Å²) in [5.74, 6) is -0.695. The van der Waals surface area contributed by atoms with Crippen LogP contribution < -0.4 is 4.72 Å². The average Bonchev–Trinajstić information content (AvgIpc) is 2.72. The van der Waals surface area contributed by atoms with E-state index in [0.717, 1.165) is 5.56 Å². The molecule has 1 saturated heterocycles. The van der Waals surface area contributed by atoms with Crippen LogP contribution in [-0.2, 0) is 15.4 Å². The van der Waals surface area contributed by atoms with Gasteiger partial charge in [-0.15, -0.1) is 0 Å². The molecule has 1 aliphatic rings. The van der Waals surface area contributed by atoms with E-state index in [1.807, 2.05) is 12.1 Å². The SMILES string of the molecule is CC(C)(C)c1ccc(S(=O)(=O)NCC2CCN(C(=O)c3ccccc3F)CC2)cc1. The number of hydrogen-bond donors (Lipinski definition) is 1. The minimum absolute atomic E-state index is 0.0379. The largest absolute Gasteiger partial charge is 0.339 e. The molecule has 1 fully saturated rings. The molecule has 1 heterocycles. The summed E-state index contributed by atoms with van der Waals surface area (Å²) in [6.07, 6.45) is 1.34. The van der Waals surface area contributed by atoms with Crippen LogP contribution in [0, 0.1) is 11.7 Å². The highest BCUT2D eigenvalue weighted by Crippen LogP contribution is 2.24. The second-order valence-corrected chi connectivity index (χ2v) is 10.6. The number of piperidine rings is 1. The van der Waals surface area contributed by atoms with Crippen molar-refractivity contribution in [3.63, 3.8) is 0 Å². The first kappa shape index (κ1) is 22.4. The molecule has 3 rings (SSSR count). The van der Waals surface area contributed by atoms with E-state index in [0.29, 0.717) is 32.5 Å². The van der Waals surface area contributed by atoms with Gasteiger partial charge >= 0.3 is 0 Å². The second kappa shape index (κ2) is 8.86. The van der Waals surface area contributed by atoms with Gasteiger partial charge in [-0.3, -0.25) is 4.79 Å². The van der Waals surface area contributed by atoms with Crippen molar-refractivity contribution in [1.82, 2.24) is 9.62 Å². The lowest BCUT2D eigenvalue weighted by Crippen LogP contribution is -2.41. The van der Waals surface area contributed by atoms with Gasteiger partial charge in [0.2, 0.25) is 10.0 Å². The number of carbonyl (C=O) groups excluding carboxylic acids is 1. The zero-order valence-corrected chi connectivity index (χ0v) is 18.5. The molecule has 2 aromatic rings. The zero-order chi connectivity index (χ0) is 21.9. The Bertz CT molecular complexity index is 990. The number of sulfonamides is 1. The Hall–Kier alpha value is -2.25. The lowest BCUT2D eigenvalue weighted by molar-refractivity contribution is 0.0687. The van der Waals surface area contributed by atoms with Crippen LogP contribution in [0.25, 0.3) is 0 Å². The van der Waals surface area contributed by atoms with Crippen molar-refractivity contribution in [1.29, 1.82) is 0 Å². The van der Waals surface area contributed by atoms with E-state index in [1.54, 1.807) is 29.2 Å². The van der Waals surface area contributed by atoms with Gasteiger partial charge in [-0.05, 0) is 54.0 Å². The van der Waals surface area contributed by atoms with E-state index in [9.17, 15) is 17.6 Å². The van der Waals surface area contributed by atoms with Crippen molar-refractivity contribution in [3.05, 3.63) is 65.5 Å². The highest BCUT2D eigenvalue weighted by atomic mass is 32.2. The van der Waals surface area contributed by atoms with E-state index < -0.39 is 15.8 Å². The molecule has 1 N–H and O–H groups in total. The number of amides is 1. The maximum absolute atomic E-state index is 13.9. The third kappa shape index (κ3) is 5.26. The quantitative estimate of drug-likeness (QED) is 0.778. The second-order valence-electron chi connectivity index (χ2n) is 8.84. The lowest BCUT2D eigenvalue weighted by atomic mass is 9.87. The van der Waals surface area contributed by atoms with Crippen LogP contribution in [0.2, 0.25) is 0 Å². The lowest BCUT2D eigenvalue weighted by Gasteiger charge is -2.32. The Kier molecular flexibility index (Phi) is 6.62. The Labute approximate surface area is 178 Å². The molecular formula is C23H29FN2O3S. The molecule has 0 spiro atoms. The number of hydrogen-bond acceptors (Lipinski definition) is 3. The van der Waals surface area contributed by atoms with E-state index in [4.69, 9.17) is 0 Å². The summed E-state index contributed by atoms with van der Waals surface area (Å²) in [6.45, 7) is 7.54. The minimum atomic E-state index is -3.58. The highest BCUT2D eigenvalue weighted by Gasteiger charge is 2.26. The number of benzene rings is 2. The summed E-state index contributed by atoms with van der Waals surface area (Å²) in [4.78, 5) is 14.4. The van der Waals surface area contributed by atoms with E-state index >= 15 is 0 Å². The third-order valence-electron chi connectivity index (χ3n) is 5.60. The predicted octanol–water partition coefficient (Wildman–Crippen LogP) is 3.95. The first-order valence-electron chi connectivity index (χ1n) is 10.2. The van der Waals surface area contributed by atoms with E-state index in [1.165, 1.54) is 12.1 Å². The molecule has 0 radical (unpaired) electrons. The maximum Gasteiger partial charge on any atom is 0.256 e. The van der Waals surface area contributed by atoms with Crippen LogP contribution in [-0.4, -0.2) is 38.9 Å². The maximum atomic E-state index is 13.9. The molecule has 0 saturated carbocycles. The van der Waals surface area contributed by atoms with Gasteiger partial charge in [0.1, 0.15) is 5.82 Å². The minimum Gasteiger partial charge on any atom is -0.339 e. The average molecular weight is 433 g/mol. The summed E-state index contributed by atoms with van der Waals surface area (Å²) in [6, 6.07) is 12.9. The van der Waals surface area contributed by atoms with E-state index in [-0.39, 0.29) is 27.7 Å². The number of nitrogens with zero attached hydrogens (tertiary/aromatic N) is 1. The molecule has 162 valence electrons. The number of nitrogens with one attached hydrogen (secondary N) is 1. The molecule has 5 nitrogen and oxygen atoms in total. The van der Waals surface area contributed by atoms with Crippen molar-refractivity contribution in [2.24, 2.45) is 5.92 Å². The molecule has 1 aliphatic heterocycles. The molecular weight excluding hydrogens is 403 g/mol. The third-order valence-corrected chi connectivity index (χ3v) is 7.04. The van der Waals surface area contributed by atoms with Gasteiger partial charge in [0.05, 0.1) is 10.5 Å². The number of likely N-dealkylation sites (tertiary alicyclic amines) is 1. The van der Waals surface area contributed by atoms with Crippen molar-refractivity contribution in [2.45, 2.75) is 43.9 Å². The summed E-state index contributed by atoms with van der Waals surface area (Å²) in [7, 11) is -3.58. The number of halogens is 1. The van der Waals surface area contributed by atoms with Crippen LogP contribution in [0.15, 0.2) is 53.4 Å². The number of rotatable bonds is 5. The Morgan fingerprint density at radius 1 is 1.07 bits per heavy atom. The molecule has 30 heavy (non-hydrogen) atoms. The van der Waals surface area contributed by atoms with Crippen LogP contribution in [0.4, 0.5) is 4.39 Å². The van der Waals surface area contributed by atoms with Crippen molar-refractivity contribution in [3.8, 4) is 0 Å². The van der Waals surface area contributed by atoms with Gasteiger partial charge in [-0.25, -0.2) is 17.5 Å². The highest BCUT2D eigenvalue weighted by molar-refractivity contribution is 7.89. The summed E-state index contributed by atoms with van der Waals surface area (Å²) in [5.41, 5.74) is 1.12. The van der Waals surface area contributed by atoms with Crippen molar-refractivity contribution in [2.75, 3.05) is 19.6 Å². The zero-order valence-electron chi connectivity index (χ0n) is 17.7. The van der Waals surface area contributed by atoms with Crippen LogP contribution in [0.5, 0.6) is 0 Å². The fourth-order valence-electron chi connectivity index (χ4n) is 3.59. The van der Waals surface area contributed by atoms with Crippen LogP contribution in [0.3, 0.4) is 0 Å². The number of carbonyl (C=O) groups is 1. The molecule has 0 aliphatic carbocycles. The molecule has 0 aromatic heterocycles. The topological polar surface area (TPSA) is 66.5 Å². The van der Waals surface area contributed by atoms with Crippen molar-refractivity contribution >= 4 is 15.9 Å². The molecule has 7 heteroatoms. The monoisotopic (exact) mass is 432 g/mol.